The summed E-state index contributed by atoms with van der Waals surface area (Å²) in [5.74, 6) is 0.554. The summed E-state index contributed by atoms with van der Waals surface area (Å²) >= 11 is 0. The number of ether oxygens (including phenoxy) is 1. The second-order valence-electron chi connectivity index (χ2n) is 7.52. The molecule has 1 aromatic carbocycles. The molecule has 152 valence electrons. The van der Waals surface area contributed by atoms with Crippen molar-refractivity contribution in [3.63, 3.8) is 0 Å². The van der Waals surface area contributed by atoms with E-state index in [-0.39, 0.29) is 30.6 Å². The zero-order chi connectivity index (χ0) is 20.1. The lowest BCUT2D eigenvalue weighted by Gasteiger charge is -2.29. The first kappa shape index (κ1) is 19.2. The first-order valence-corrected chi connectivity index (χ1v) is 10.2. The van der Waals surface area contributed by atoms with Crippen molar-refractivity contribution < 1.29 is 14.3 Å². The predicted octanol–water partition coefficient (Wildman–Crippen LogP) is 2.83. The molecule has 1 aliphatic carbocycles. The molecule has 2 aliphatic rings. The van der Waals surface area contributed by atoms with Crippen LogP contribution in [0.15, 0.2) is 54.7 Å². The van der Waals surface area contributed by atoms with Gasteiger partial charge in [0.1, 0.15) is 12.6 Å². The van der Waals surface area contributed by atoms with Crippen molar-refractivity contribution in [3.8, 4) is 5.88 Å². The molecule has 3 amide bonds. The molecular formula is C22H26N4O3. The van der Waals surface area contributed by atoms with Crippen molar-refractivity contribution >= 4 is 17.6 Å². The minimum atomic E-state index is -0.112. The molecule has 1 aliphatic heterocycles. The lowest BCUT2D eigenvalue weighted by molar-refractivity contribution is -0.122. The summed E-state index contributed by atoms with van der Waals surface area (Å²) in [5, 5.41) is 3.08. The number of rotatable bonds is 6. The van der Waals surface area contributed by atoms with E-state index in [0.29, 0.717) is 19.0 Å². The van der Waals surface area contributed by atoms with Gasteiger partial charge in [-0.3, -0.25) is 9.69 Å². The molecule has 0 atom stereocenters. The zero-order valence-electron chi connectivity index (χ0n) is 16.4. The Bertz CT molecular complexity index is 822. The average molecular weight is 394 g/mol. The van der Waals surface area contributed by atoms with Gasteiger partial charge in [0, 0.05) is 37.1 Å². The Labute approximate surface area is 170 Å². The van der Waals surface area contributed by atoms with Crippen LogP contribution in [0.2, 0.25) is 0 Å². The number of benzene rings is 1. The van der Waals surface area contributed by atoms with E-state index in [1.54, 1.807) is 16.0 Å². The first-order valence-electron chi connectivity index (χ1n) is 10.2. The SMILES string of the molecule is O=C(CN1CCN(c2ccccc2)C1=O)NC1CCC(Oc2ccccn2)CC1. The Morgan fingerprint density at radius 3 is 2.52 bits per heavy atom. The van der Waals surface area contributed by atoms with E-state index in [1.165, 1.54) is 0 Å². The minimum Gasteiger partial charge on any atom is -0.474 e. The number of carbonyl (C=O) groups is 2. The number of amides is 3. The molecule has 0 radical (unpaired) electrons. The molecule has 1 N–H and O–H groups in total. The molecule has 2 heterocycles. The van der Waals surface area contributed by atoms with Gasteiger partial charge in [-0.1, -0.05) is 24.3 Å². The van der Waals surface area contributed by atoms with Crippen molar-refractivity contribution in [1.82, 2.24) is 15.2 Å². The largest absolute Gasteiger partial charge is 0.474 e. The zero-order valence-corrected chi connectivity index (χ0v) is 16.4. The van der Waals surface area contributed by atoms with Crippen LogP contribution in [0.4, 0.5) is 10.5 Å². The molecule has 0 spiro atoms. The highest BCUT2D eigenvalue weighted by atomic mass is 16.5. The van der Waals surface area contributed by atoms with Crippen LogP contribution >= 0.6 is 0 Å². The van der Waals surface area contributed by atoms with Gasteiger partial charge in [0.25, 0.3) is 0 Å². The van der Waals surface area contributed by atoms with E-state index in [9.17, 15) is 9.59 Å². The fourth-order valence-electron chi connectivity index (χ4n) is 3.94. The Balaban J connectivity index is 1.21. The van der Waals surface area contributed by atoms with Crippen LogP contribution in [0.5, 0.6) is 5.88 Å². The lowest BCUT2D eigenvalue weighted by atomic mass is 9.93. The van der Waals surface area contributed by atoms with E-state index in [1.807, 2.05) is 48.5 Å². The molecule has 29 heavy (non-hydrogen) atoms. The van der Waals surface area contributed by atoms with E-state index in [2.05, 4.69) is 10.3 Å². The number of para-hydroxylation sites is 1. The Morgan fingerprint density at radius 1 is 1.03 bits per heavy atom. The number of carbonyl (C=O) groups excluding carboxylic acids is 2. The number of hydrogen-bond donors (Lipinski definition) is 1. The quantitative estimate of drug-likeness (QED) is 0.818. The fourth-order valence-corrected chi connectivity index (χ4v) is 3.94. The Kier molecular flexibility index (Phi) is 5.93. The second-order valence-corrected chi connectivity index (χ2v) is 7.52. The summed E-state index contributed by atoms with van der Waals surface area (Å²) in [6.45, 7) is 1.27. The van der Waals surface area contributed by atoms with Crippen molar-refractivity contribution in [2.75, 3.05) is 24.5 Å². The van der Waals surface area contributed by atoms with Crippen LogP contribution < -0.4 is 15.0 Å². The van der Waals surface area contributed by atoms with Crippen molar-refractivity contribution in [2.24, 2.45) is 0 Å². The molecule has 1 aromatic heterocycles. The van der Waals surface area contributed by atoms with Crippen LogP contribution in [0.1, 0.15) is 25.7 Å². The standard InChI is InChI=1S/C22H26N4O3/c27-20(16-25-14-15-26(22(25)28)18-6-2-1-3-7-18)24-17-9-11-19(12-10-17)29-21-8-4-5-13-23-21/h1-8,13,17,19H,9-12,14-16H2,(H,24,27). The van der Waals surface area contributed by atoms with Crippen LogP contribution in [0.3, 0.4) is 0 Å². The van der Waals surface area contributed by atoms with Gasteiger partial charge in [-0.25, -0.2) is 9.78 Å². The maximum absolute atomic E-state index is 12.6. The monoisotopic (exact) mass is 394 g/mol. The molecule has 7 nitrogen and oxygen atoms in total. The van der Waals surface area contributed by atoms with Gasteiger partial charge in [0.05, 0.1) is 0 Å². The maximum Gasteiger partial charge on any atom is 0.325 e. The highest BCUT2D eigenvalue weighted by Gasteiger charge is 2.31. The van der Waals surface area contributed by atoms with Gasteiger partial charge in [-0.05, 0) is 43.9 Å². The summed E-state index contributed by atoms with van der Waals surface area (Å²) < 4.78 is 5.90. The van der Waals surface area contributed by atoms with Crippen LogP contribution in [-0.4, -0.2) is 53.6 Å². The number of urea groups is 1. The smallest absolute Gasteiger partial charge is 0.325 e. The maximum atomic E-state index is 12.6. The Morgan fingerprint density at radius 2 is 1.79 bits per heavy atom. The van der Waals surface area contributed by atoms with Gasteiger partial charge in [0.2, 0.25) is 11.8 Å². The third-order valence-electron chi connectivity index (χ3n) is 5.46. The summed E-state index contributed by atoms with van der Waals surface area (Å²) in [6, 6.07) is 15.2. The van der Waals surface area contributed by atoms with E-state index in [0.717, 1.165) is 31.4 Å². The number of anilines is 1. The molecule has 1 saturated heterocycles. The second kappa shape index (κ2) is 8.94. The molecule has 2 fully saturated rings. The van der Waals surface area contributed by atoms with Crippen molar-refractivity contribution in [1.29, 1.82) is 0 Å². The lowest BCUT2D eigenvalue weighted by Crippen LogP contribution is -2.45. The molecular weight excluding hydrogens is 368 g/mol. The Hall–Kier alpha value is -3.09. The molecule has 2 aromatic rings. The molecule has 7 heteroatoms. The highest BCUT2D eigenvalue weighted by Crippen LogP contribution is 2.23. The number of pyridine rings is 1. The van der Waals surface area contributed by atoms with E-state index < -0.39 is 0 Å². The topological polar surface area (TPSA) is 74.8 Å². The van der Waals surface area contributed by atoms with E-state index >= 15 is 0 Å². The number of nitrogens with zero attached hydrogens (tertiary/aromatic N) is 3. The molecule has 4 rings (SSSR count). The van der Waals surface area contributed by atoms with Crippen LogP contribution in [0.25, 0.3) is 0 Å². The molecule has 0 unspecified atom stereocenters. The fraction of sp³-hybridized carbons (Fsp3) is 0.409. The predicted molar refractivity (Wildman–Crippen MR) is 110 cm³/mol. The minimum absolute atomic E-state index is 0.0950. The van der Waals surface area contributed by atoms with Gasteiger partial charge in [0.15, 0.2) is 0 Å². The van der Waals surface area contributed by atoms with Crippen molar-refractivity contribution in [2.45, 2.75) is 37.8 Å². The number of nitrogens with one attached hydrogen (secondary N) is 1. The third kappa shape index (κ3) is 4.85. The molecule has 1 saturated carbocycles. The highest BCUT2D eigenvalue weighted by molar-refractivity contribution is 5.96. The summed E-state index contributed by atoms with van der Waals surface area (Å²) in [5.41, 5.74) is 0.867. The number of aromatic nitrogens is 1. The molecule has 0 bridgehead atoms. The normalized spacial score (nSPS) is 21.9. The summed E-state index contributed by atoms with van der Waals surface area (Å²) in [7, 11) is 0. The number of hydrogen-bond acceptors (Lipinski definition) is 4. The van der Waals surface area contributed by atoms with Crippen molar-refractivity contribution in [3.05, 3.63) is 54.7 Å². The summed E-state index contributed by atoms with van der Waals surface area (Å²) in [6.07, 6.45) is 5.36. The van der Waals surface area contributed by atoms with Gasteiger partial charge in [-0.2, -0.15) is 0 Å². The van der Waals surface area contributed by atoms with Crippen LogP contribution in [-0.2, 0) is 4.79 Å². The average Bonchev–Trinajstić information content (AvgIpc) is 3.11. The first-order chi connectivity index (χ1) is 14.2. The van der Waals surface area contributed by atoms with Gasteiger partial charge >= 0.3 is 6.03 Å². The van der Waals surface area contributed by atoms with Gasteiger partial charge < -0.3 is 15.0 Å². The van der Waals surface area contributed by atoms with Gasteiger partial charge in [-0.15, -0.1) is 0 Å². The third-order valence-corrected chi connectivity index (χ3v) is 5.46. The van der Waals surface area contributed by atoms with E-state index in [4.69, 9.17) is 4.74 Å². The summed E-state index contributed by atoms with van der Waals surface area (Å²) in [4.78, 5) is 32.6. The van der Waals surface area contributed by atoms with Crippen LogP contribution in [0, 0.1) is 0 Å².